The van der Waals surface area contributed by atoms with Crippen molar-refractivity contribution >= 4 is 0 Å². The van der Waals surface area contributed by atoms with Crippen molar-refractivity contribution in [3.63, 3.8) is 0 Å². The maximum Gasteiger partial charge on any atom is 0.304 e. The van der Waals surface area contributed by atoms with E-state index < -0.39 is 5.97 Å². The zero-order chi connectivity index (χ0) is 7.61. The van der Waals surface area contributed by atoms with Crippen LogP contribution in [0.15, 0.2) is 24.5 Å². The topological polar surface area (TPSA) is 73.6 Å². The number of nitrogens with zero attached hydrogens (tertiary/aromatic N) is 1. The zero-order valence-electron chi connectivity index (χ0n) is 5.10. The van der Waals surface area contributed by atoms with Crippen LogP contribution in [-0.2, 0) is 5.97 Å². The molecule has 0 saturated carbocycles. The normalized spacial score (nSPS) is 11.5. The second kappa shape index (κ2) is 2.34. The Balaban J connectivity index is 2.97. The largest absolute Gasteiger partial charge is 0.340 e. The number of hydrogen-bond acceptors (Lipinski definition) is 4. The molecule has 0 amide bonds. The standard InChI is InChI=1S/C6H7NO3/c8-6(9,10)5-1-3-7-4-2-5/h1-4,8-10H. The Morgan fingerprint density at radius 2 is 1.60 bits per heavy atom. The van der Waals surface area contributed by atoms with E-state index in [1.165, 1.54) is 24.5 Å². The molecular weight excluding hydrogens is 134 g/mol. The lowest BCUT2D eigenvalue weighted by Crippen LogP contribution is -2.23. The summed E-state index contributed by atoms with van der Waals surface area (Å²) in [6.45, 7) is 0. The van der Waals surface area contributed by atoms with E-state index in [9.17, 15) is 0 Å². The molecule has 0 fully saturated rings. The van der Waals surface area contributed by atoms with E-state index in [0.29, 0.717) is 0 Å². The van der Waals surface area contributed by atoms with Gasteiger partial charge in [-0.2, -0.15) is 0 Å². The molecule has 0 atom stereocenters. The summed E-state index contributed by atoms with van der Waals surface area (Å²) in [5, 5.41) is 25.7. The van der Waals surface area contributed by atoms with Crippen LogP contribution in [-0.4, -0.2) is 20.3 Å². The van der Waals surface area contributed by atoms with Gasteiger partial charge in [-0.25, -0.2) is 0 Å². The second-order valence-electron chi connectivity index (χ2n) is 1.87. The molecule has 1 heterocycles. The van der Waals surface area contributed by atoms with Crippen LogP contribution >= 0.6 is 0 Å². The van der Waals surface area contributed by atoms with E-state index in [4.69, 9.17) is 15.3 Å². The molecule has 1 aromatic rings. The molecule has 3 N–H and O–H groups in total. The Kier molecular flexibility index (Phi) is 1.67. The summed E-state index contributed by atoms with van der Waals surface area (Å²) in [6.07, 6.45) is 2.71. The van der Waals surface area contributed by atoms with Crippen molar-refractivity contribution in [3.05, 3.63) is 30.1 Å². The lowest BCUT2D eigenvalue weighted by Gasteiger charge is -2.12. The van der Waals surface area contributed by atoms with Gasteiger partial charge in [0.15, 0.2) is 0 Å². The van der Waals surface area contributed by atoms with Gasteiger partial charge in [-0.05, 0) is 12.1 Å². The van der Waals surface area contributed by atoms with Crippen LogP contribution in [0.2, 0.25) is 0 Å². The van der Waals surface area contributed by atoms with E-state index in [0.717, 1.165) is 0 Å². The number of aliphatic hydroxyl groups is 3. The van der Waals surface area contributed by atoms with Gasteiger partial charge in [-0.3, -0.25) is 4.98 Å². The molecule has 1 rings (SSSR count). The van der Waals surface area contributed by atoms with Crippen LogP contribution in [0.5, 0.6) is 0 Å². The molecule has 10 heavy (non-hydrogen) atoms. The molecule has 0 spiro atoms. The van der Waals surface area contributed by atoms with Crippen molar-refractivity contribution in [1.82, 2.24) is 4.98 Å². The Bertz CT molecular complexity index is 204. The van der Waals surface area contributed by atoms with Gasteiger partial charge in [0.2, 0.25) is 0 Å². The highest BCUT2D eigenvalue weighted by Crippen LogP contribution is 2.11. The molecule has 1 aromatic heterocycles. The number of aromatic nitrogens is 1. The second-order valence-corrected chi connectivity index (χ2v) is 1.87. The summed E-state index contributed by atoms with van der Waals surface area (Å²) >= 11 is 0. The smallest absolute Gasteiger partial charge is 0.304 e. The highest BCUT2D eigenvalue weighted by Gasteiger charge is 2.20. The van der Waals surface area contributed by atoms with Crippen molar-refractivity contribution in [1.29, 1.82) is 0 Å². The highest BCUT2D eigenvalue weighted by atomic mass is 16.7. The summed E-state index contributed by atoms with van der Waals surface area (Å²) in [4.78, 5) is 3.63. The summed E-state index contributed by atoms with van der Waals surface area (Å²) < 4.78 is 0. The van der Waals surface area contributed by atoms with Gasteiger partial charge < -0.3 is 15.3 Å². The maximum absolute atomic E-state index is 8.57. The first-order chi connectivity index (χ1) is 4.61. The highest BCUT2D eigenvalue weighted by molar-refractivity contribution is 5.12. The monoisotopic (exact) mass is 141 g/mol. The van der Waals surface area contributed by atoms with Crippen LogP contribution < -0.4 is 0 Å². The fourth-order valence-electron chi connectivity index (χ4n) is 0.576. The molecule has 0 aromatic carbocycles. The molecule has 4 nitrogen and oxygen atoms in total. The maximum atomic E-state index is 8.57. The Hall–Kier alpha value is -0.970. The molecule has 54 valence electrons. The number of pyridine rings is 1. The van der Waals surface area contributed by atoms with Gasteiger partial charge in [0.25, 0.3) is 0 Å². The van der Waals surface area contributed by atoms with E-state index >= 15 is 0 Å². The minimum atomic E-state index is -2.75. The lowest BCUT2D eigenvalue weighted by molar-refractivity contribution is -0.323. The van der Waals surface area contributed by atoms with E-state index in [1.807, 2.05) is 0 Å². The molecule has 0 aliphatic rings. The average Bonchev–Trinajstić information content (AvgIpc) is 1.88. The third-order valence-electron chi connectivity index (χ3n) is 1.07. The van der Waals surface area contributed by atoms with E-state index in [2.05, 4.69) is 4.98 Å². The third-order valence-corrected chi connectivity index (χ3v) is 1.07. The Morgan fingerprint density at radius 3 is 1.90 bits per heavy atom. The SMILES string of the molecule is OC(O)(O)c1ccncc1. The first-order valence-corrected chi connectivity index (χ1v) is 2.68. The fraction of sp³-hybridized carbons (Fsp3) is 0.167. The predicted octanol–water partition coefficient (Wildman–Crippen LogP) is -0.831. The molecule has 4 heteroatoms. The molecular formula is C6H7NO3. The summed E-state index contributed by atoms with van der Waals surface area (Å²) in [7, 11) is 0. The Morgan fingerprint density at radius 1 is 1.10 bits per heavy atom. The Labute approximate surface area is 57.4 Å². The minimum Gasteiger partial charge on any atom is -0.340 e. The van der Waals surface area contributed by atoms with Crippen molar-refractivity contribution < 1.29 is 15.3 Å². The quantitative estimate of drug-likeness (QED) is 0.446. The van der Waals surface area contributed by atoms with Gasteiger partial charge in [0.1, 0.15) is 0 Å². The van der Waals surface area contributed by atoms with Gasteiger partial charge in [-0.15, -0.1) is 0 Å². The molecule has 0 radical (unpaired) electrons. The molecule has 0 bridgehead atoms. The van der Waals surface area contributed by atoms with Crippen LogP contribution in [0.25, 0.3) is 0 Å². The van der Waals surface area contributed by atoms with E-state index in [1.54, 1.807) is 0 Å². The summed E-state index contributed by atoms with van der Waals surface area (Å²) in [5.41, 5.74) is 0.00231. The lowest BCUT2D eigenvalue weighted by atomic mass is 10.2. The third kappa shape index (κ3) is 1.51. The van der Waals surface area contributed by atoms with Crippen molar-refractivity contribution in [2.75, 3.05) is 0 Å². The minimum absolute atomic E-state index is 0.00231. The van der Waals surface area contributed by atoms with Crippen LogP contribution in [0, 0.1) is 0 Å². The van der Waals surface area contributed by atoms with Crippen molar-refractivity contribution in [3.8, 4) is 0 Å². The summed E-state index contributed by atoms with van der Waals surface area (Å²) in [5.74, 6) is -2.75. The van der Waals surface area contributed by atoms with Gasteiger partial charge in [0.05, 0.1) is 0 Å². The first-order valence-electron chi connectivity index (χ1n) is 2.68. The van der Waals surface area contributed by atoms with Crippen LogP contribution in [0.3, 0.4) is 0 Å². The van der Waals surface area contributed by atoms with Crippen LogP contribution in [0.1, 0.15) is 5.56 Å². The molecule has 0 unspecified atom stereocenters. The van der Waals surface area contributed by atoms with Gasteiger partial charge in [0, 0.05) is 18.0 Å². The molecule has 0 aliphatic carbocycles. The average molecular weight is 141 g/mol. The zero-order valence-corrected chi connectivity index (χ0v) is 5.10. The number of hydrogen-bond donors (Lipinski definition) is 3. The van der Waals surface area contributed by atoms with Crippen LogP contribution in [0.4, 0.5) is 0 Å². The van der Waals surface area contributed by atoms with Crippen molar-refractivity contribution in [2.24, 2.45) is 0 Å². The predicted molar refractivity (Wildman–Crippen MR) is 32.6 cm³/mol. The van der Waals surface area contributed by atoms with Crippen molar-refractivity contribution in [2.45, 2.75) is 5.97 Å². The molecule has 0 saturated heterocycles. The first kappa shape index (κ1) is 7.14. The number of rotatable bonds is 1. The van der Waals surface area contributed by atoms with E-state index in [-0.39, 0.29) is 5.56 Å². The summed E-state index contributed by atoms with van der Waals surface area (Å²) in [6, 6.07) is 2.61. The fourth-order valence-corrected chi connectivity index (χ4v) is 0.576. The van der Waals surface area contributed by atoms with Gasteiger partial charge in [-0.1, -0.05) is 0 Å². The van der Waals surface area contributed by atoms with Gasteiger partial charge >= 0.3 is 5.97 Å². The molecule has 0 aliphatic heterocycles.